The van der Waals surface area contributed by atoms with Crippen molar-refractivity contribution in [1.82, 2.24) is 0 Å². The Morgan fingerprint density at radius 3 is 2.46 bits per heavy atom. The van der Waals surface area contributed by atoms with Gasteiger partial charge in [0.05, 0.1) is 5.92 Å². The Kier molecular flexibility index (Phi) is 4.65. The number of carbonyl (C=O) groups excluding carboxylic acids is 2. The van der Waals surface area contributed by atoms with Gasteiger partial charge in [-0.1, -0.05) is 36.4 Å². The number of nitrogens with zero attached hydrogens (tertiary/aromatic N) is 2. The third-order valence-corrected chi connectivity index (χ3v) is 4.53. The van der Waals surface area contributed by atoms with Gasteiger partial charge in [0.2, 0.25) is 11.8 Å². The van der Waals surface area contributed by atoms with E-state index in [4.69, 9.17) is 0 Å². The summed E-state index contributed by atoms with van der Waals surface area (Å²) in [5, 5.41) is 0. The number of hydrogen-bond donors (Lipinski definition) is 0. The first-order valence-corrected chi connectivity index (χ1v) is 8.34. The summed E-state index contributed by atoms with van der Waals surface area (Å²) in [6.45, 7) is 4.99. The van der Waals surface area contributed by atoms with Crippen molar-refractivity contribution in [3.63, 3.8) is 0 Å². The van der Waals surface area contributed by atoms with Gasteiger partial charge in [-0.25, -0.2) is 0 Å². The molecule has 2 aromatic rings. The zero-order valence-corrected chi connectivity index (χ0v) is 14.1. The molecule has 0 spiro atoms. The second kappa shape index (κ2) is 6.87. The summed E-state index contributed by atoms with van der Waals surface area (Å²) in [4.78, 5) is 28.9. The van der Waals surface area contributed by atoms with Crippen LogP contribution in [0.15, 0.2) is 54.6 Å². The lowest BCUT2D eigenvalue weighted by molar-refractivity contribution is -0.124. The van der Waals surface area contributed by atoms with E-state index in [2.05, 4.69) is 0 Å². The molecule has 24 heavy (non-hydrogen) atoms. The summed E-state index contributed by atoms with van der Waals surface area (Å²) >= 11 is 0. The summed E-state index contributed by atoms with van der Waals surface area (Å²) in [6.07, 6.45) is 0.274. The fourth-order valence-corrected chi connectivity index (χ4v) is 3.27. The van der Waals surface area contributed by atoms with E-state index in [9.17, 15) is 9.59 Å². The first kappa shape index (κ1) is 16.2. The predicted molar refractivity (Wildman–Crippen MR) is 96.1 cm³/mol. The minimum absolute atomic E-state index is 0.0202. The van der Waals surface area contributed by atoms with Crippen LogP contribution >= 0.6 is 0 Å². The second-order valence-corrected chi connectivity index (χ2v) is 6.11. The molecule has 3 rings (SSSR count). The van der Waals surface area contributed by atoms with Gasteiger partial charge in [0.1, 0.15) is 0 Å². The lowest BCUT2D eigenvalue weighted by Crippen LogP contribution is -2.37. The highest BCUT2D eigenvalue weighted by molar-refractivity contribution is 6.04. The standard InChI is InChI=1S/C20H22N2O2/c1-3-21(17-10-5-4-6-11-17)20(24)16-13-19(23)22(14-16)18-12-8-7-9-15(18)2/h4-12,16H,3,13-14H2,1-2H3/t16-/m0/s1. The molecule has 0 radical (unpaired) electrons. The van der Waals surface area contributed by atoms with Crippen molar-refractivity contribution in [2.45, 2.75) is 20.3 Å². The van der Waals surface area contributed by atoms with Crippen LogP contribution in [0.3, 0.4) is 0 Å². The van der Waals surface area contributed by atoms with E-state index in [1.165, 1.54) is 0 Å². The topological polar surface area (TPSA) is 40.6 Å². The van der Waals surface area contributed by atoms with E-state index in [1.54, 1.807) is 9.80 Å². The third-order valence-electron chi connectivity index (χ3n) is 4.53. The number of benzene rings is 2. The van der Waals surface area contributed by atoms with Gasteiger partial charge in [-0.05, 0) is 37.6 Å². The minimum atomic E-state index is -0.294. The largest absolute Gasteiger partial charge is 0.312 e. The van der Waals surface area contributed by atoms with Crippen LogP contribution in [-0.4, -0.2) is 24.9 Å². The molecule has 0 aromatic heterocycles. The van der Waals surface area contributed by atoms with Crippen LogP contribution in [0.4, 0.5) is 11.4 Å². The molecule has 0 N–H and O–H groups in total. The van der Waals surface area contributed by atoms with E-state index >= 15 is 0 Å². The van der Waals surface area contributed by atoms with E-state index < -0.39 is 0 Å². The molecule has 0 saturated carbocycles. The zero-order chi connectivity index (χ0) is 17.1. The number of carbonyl (C=O) groups is 2. The fourth-order valence-electron chi connectivity index (χ4n) is 3.27. The van der Waals surface area contributed by atoms with Gasteiger partial charge in [0, 0.05) is 30.9 Å². The molecule has 4 nitrogen and oxygen atoms in total. The Balaban J connectivity index is 1.80. The normalized spacial score (nSPS) is 17.2. The van der Waals surface area contributed by atoms with Crippen LogP contribution < -0.4 is 9.80 Å². The number of anilines is 2. The maximum atomic E-state index is 12.9. The molecule has 2 amide bonds. The molecule has 2 aromatic carbocycles. The van der Waals surface area contributed by atoms with Crippen molar-refractivity contribution < 1.29 is 9.59 Å². The maximum absolute atomic E-state index is 12.9. The molecule has 0 unspecified atom stereocenters. The van der Waals surface area contributed by atoms with E-state index in [-0.39, 0.29) is 24.2 Å². The number of rotatable bonds is 4. The summed E-state index contributed by atoms with van der Waals surface area (Å²) in [6, 6.07) is 17.4. The minimum Gasteiger partial charge on any atom is -0.312 e. The summed E-state index contributed by atoms with van der Waals surface area (Å²) in [5.41, 5.74) is 2.83. The molecule has 1 aliphatic rings. The molecule has 1 aliphatic heterocycles. The highest BCUT2D eigenvalue weighted by Crippen LogP contribution is 2.29. The van der Waals surface area contributed by atoms with Gasteiger partial charge in [-0.15, -0.1) is 0 Å². The monoisotopic (exact) mass is 322 g/mol. The van der Waals surface area contributed by atoms with Gasteiger partial charge < -0.3 is 9.80 Å². The quantitative estimate of drug-likeness (QED) is 0.865. The Hall–Kier alpha value is -2.62. The van der Waals surface area contributed by atoms with Gasteiger partial charge in [-0.3, -0.25) is 9.59 Å². The fraction of sp³-hybridized carbons (Fsp3) is 0.300. The molecule has 124 valence electrons. The van der Waals surface area contributed by atoms with Crippen LogP contribution in [0, 0.1) is 12.8 Å². The van der Waals surface area contributed by atoms with Crippen molar-refractivity contribution in [3.8, 4) is 0 Å². The molecule has 0 aliphatic carbocycles. The Bertz CT molecular complexity index is 742. The second-order valence-electron chi connectivity index (χ2n) is 6.11. The lowest BCUT2D eigenvalue weighted by atomic mass is 10.1. The summed E-state index contributed by atoms with van der Waals surface area (Å²) in [7, 11) is 0. The Morgan fingerprint density at radius 2 is 1.79 bits per heavy atom. The summed E-state index contributed by atoms with van der Waals surface area (Å²) < 4.78 is 0. The van der Waals surface area contributed by atoms with E-state index in [0.717, 1.165) is 16.9 Å². The molecule has 1 fully saturated rings. The van der Waals surface area contributed by atoms with Gasteiger partial charge in [0.15, 0.2) is 0 Å². The number of para-hydroxylation sites is 2. The van der Waals surface area contributed by atoms with E-state index in [1.807, 2.05) is 68.4 Å². The van der Waals surface area contributed by atoms with Crippen LogP contribution in [0.25, 0.3) is 0 Å². The summed E-state index contributed by atoms with van der Waals surface area (Å²) in [5.74, 6) is -0.253. The lowest BCUT2D eigenvalue weighted by Gasteiger charge is -2.24. The van der Waals surface area contributed by atoms with Crippen molar-refractivity contribution >= 4 is 23.2 Å². The van der Waals surface area contributed by atoms with Crippen molar-refractivity contribution in [1.29, 1.82) is 0 Å². The van der Waals surface area contributed by atoms with Crippen LogP contribution in [0.5, 0.6) is 0 Å². The molecule has 4 heteroatoms. The third kappa shape index (κ3) is 3.04. The highest BCUT2D eigenvalue weighted by atomic mass is 16.2. The Morgan fingerprint density at radius 1 is 1.12 bits per heavy atom. The number of hydrogen-bond acceptors (Lipinski definition) is 2. The molecular weight excluding hydrogens is 300 g/mol. The average molecular weight is 322 g/mol. The van der Waals surface area contributed by atoms with Crippen LogP contribution in [-0.2, 0) is 9.59 Å². The van der Waals surface area contributed by atoms with Gasteiger partial charge in [-0.2, -0.15) is 0 Å². The molecule has 1 heterocycles. The first-order valence-electron chi connectivity index (χ1n) is 8.34. The maximum Gasteiger partial charge on any atom is 0.232 e. The average Bonchev–Trinajstić information content (AvgIpc) is 2.98. The first-order chi connectivity index (χ1) is 11.6. The predicted octanol–water partition coefficient (Wildman–Crippen LogP) is 3.40. The number of aryl methyl sites for hydroxylation is 1. The van der Waals surface area contributed by atoms with Crippen LogP contribution in [0.1, 0.15) is 18.9 Å². The van der Waals surface area contributed by atoms with Crippen LogP contribution in [0.2, 0.25) is 0 Å². The number of amides is 2. The smallest absolute Gasteiger partial charge is 0.232 e. The highest BCUT2D eigenvalue weighted by Gasteiger charge is 2.37. The van der Waals surface area contributed by atoms with E-state index in [0.29, 0.717) is 13.1 Å². The molecule has 0 bridgehead atoms. The van der Waals surface area contributed by atoms with Gasteiger partial charge in [0.25, 0.3) is 0 Å². The van der Waals surface area contributed by atoms with Crippen molar-refractivity contribution in [2.24, 2.45) is 5.92 Å². The van der Waals surface area contributed by atoms with Crippen molar-refractivity contribution in [2.75, 3.05) is 22.9 Å². The SMILES string of the molecule is CCN(C(=O)[C@H]1CC(=O)N(c2ccccc2C)C1)c1ccccc1. The molecular formula is C20H22N2O2. The Labute approximate surface area is 142 Å². The zero-order valence-electron chi connectivity index (χ0n) is 14.1. The van der Waals surface area contributed by atoms with Gasteiger partial charge >= 0.3 is 0 Å². The van der Waals surface area contributed by atoms with Crippen molar-refractivity contribution in [3.05, 3.63) is 60.2 Å². The molecule has 1 saturated heterocycles. The molecule has 1 atom stereocenters.